The van der Waals surface area contributed by atoms with Gasteiger partial charge in [-0.15, -0.1) is 0 Å². The summed E-state index contributed by atoms with van der Waals surface area (Å²) in [5, 5.41) is 8.60. The van der Waals surface area contributed by atoms with Crippen molar-refractivity contribution in [2.24, 2.45) is 5.92 Å². The van der Waals surface area contributed by atoms with Gasteiger partial charge in [0, 0.05) is 37.5 Å². The highest BCUT2D eigenvalue weighted by molar-refractivity contribution is 5.92. The van der Waals surface area contributed by atoms with Gasteiger partial charge < -0.3 is 10.0 Å². The number of carbonyl (C=O) groups excluding carboxylic acids is 1. The highest BCUT2D eigenvalue weighted by Crippen LogP contribution is 2.19. The zero-order chi connectivity index (χ0) is 13.0. The van der Waals surface area contributed by atoms with Crippen molar-refractivity contribution < 1.29 is 14.7 Å². The fourth-order valence-electron chi connectivity index (χ4n) is 1.87. The molecular weight excluding hydrogens is 232 g/mol. The lowest BCUT2D eigenvalue weighted by atomic mass is 9.96. The van der Waals surface area contributed by atoms with Crippen LogP contribution < -0.4 is 0 Å². The van der Waals surface area contributed by atoms with Crippen molar-refractivity contribution in [3.05, 3.63) is 36.2 Å². The quantitative estimate of drug-likeness (QED) is 0.805. The van der Waals surface area contributed by atoms with Gasteiger partial charge >= 0.3 is 5.97 Å². The van der Waals surface area contributed by atoms with E-state index in [-0.39, 0.29) is 18.2 Å². The van der Waals surface area contributed by atoms with Crippen LogP contribution >= 0.6 is 0 Å². The van der Waals surface area contributed by atoms with Crippen LogP contribution in [0.15, 0.2) is 30.6 Å². The molecule has 1 fully saturated rings. The predicted molar refractivity (Wildman–Crippen MR) is 65.6 cm³/mol. The van der Waals surface area contributed by atoms with Gasteiger partial charge in [-0.05, 0) is 17.7 Å². The first-order valence-corrected chi connectivity index (χ1v) is 5.74. The smallest absolute Gasteiger partial charge is 0.303 e. The molecule has 5 nitrogen and oxygen atoms in total. The fraction of sp³-hybridized carbons (Fsp3) is 0.308. The van der Waals surface area contributed by atoms with Crippen molar-refractivity contribution in [2.45, 2.75) is 6.42 Å². The minimum atomic E-state index is -0.807. The average molecular weight is 246 g/mol. The maximum absolute atomic E-state index is 11.7. The van der Waals surface area contributed by atoms with Crippen LogP contribution in [0.25, 0.3) is 6.08 Å². The average Bonchev–Trinajstić information content (AvgIpc) is 2.31. The zero-order valence-electron chi connectivity index (χ0n) is 9.82. The number of pyridine rings is 1. The number of likely N-dealkylation sites (tertiary alicyclic amines) is 1. The number of nitrogens with zero attached hydrogens (tertiary/aromatic N) is 2. The fourth-order valence-corrected chi connectivity index (χ4v) is 1.87. The van der Waals surface area contributed by atoms with E-state index in [1.54, 1.807) is 29.4 Å². The SMILES string of the molecule is O=C(O)CC1CN(C(=O)C=Cc2cccnc2)C1. The topological polar surface area (TPSA) is 70.5 Å². The Balaban J connectivity index is 1.81. The molecule has 2 rings (SSSR count). The molecule has 0 saturated carbocycles. The summed E-state index contributed by atoms with van der Waals surface area (Å²) < 4.78 is 0. The first-order chi connectivity index (χ1) is 8.65. The lowest BCUT2D eigenvalue weighted by molar-refractivity contribution is -0.143. The molecule has 0 radical (unpaired) electrons. The summed E-state index contributed by atoms with van der Waals surface area (Å²) in [6.07, 6.45) is 6.68. The number of carbonyl (C=O) groups is 2. The number of aliphatic carboxylic acids is 1. The molecule has 5 heteroatoms. The van der Waals surface area contributed by atoms with Crippen LogP contribution in [-0.4, -0.2) is 40.0 Å². The number of hydrogen-bond acceptors (Lipinski definition) is 3. The van der Waals surface area contributed by atoms with E-state index >= 15 is 0 Å². The summed E-state index contributed by atoms with van der Waals surface area (Å²) in [6.45, 7) is 1.06. The Morgan fingerprint density at radius 1 is 1.50 bits per heavy atom. The van der Waals surface area contributed by atoms with Crippen molar-refractivity contribution in [2.75, 3.05) is 13.1 Å². The van der Waals surface area contributed by atoms with Crippen molar-refractivity contribution >= 4 is 18.0 Å². The third kappa shape index (κ3) is 3.16. The molecular formula is C13H14N2O3. The second-order valence-electron chi connectivity index (χ2n) is 4.33. The van der Waals surface area contributed by atoms with Crippen molar-refractivity contribution in [1.29, 1.82) is 0 Å². The summed E-state index contributed by atoms with van der Waals surface area (Å²) in [5.74, 6) is -0.795. The normalized spacial score (nSPS) is 15.7. The number of carboxylic acids is 1. The minimum absolute atomic E-state index is 0.0829. The Bertz CT molecular complexity index is 464. The Hall–Kier alpha value is -2.17. The van der Waals surface area contributed by atoms with Gasteiger partial charge in [-0.25, -0.2) is 0 Å². The molecule has 94 valence electrons. The molecule has 1 N–H and O–H groups in total. The van der Waals surface area contributed by atoms with Crippen LogP contribution in [-0.2, 0) is 9.59 Å². The van der Waals surface area contributed by atoms with Crippen LogP contribution in [0.1, 0.15) is 12.0 Å². The van der Waals surface area contributed by atoms with E-state index in [1.165, 1.54) is 6.08 Å². The summed E-state index contributed by atoms with van der Waals surface area (Å²) >= 11 is 0. The third-order valence-electron chi connectivity index (χ3n) is 2.83. The second kappa shape index (κ2) is 5.44. The van der Waals surface area contributed by atoms with Crippen LogP contribution in [0.4, 0.5) is 0 Å². The molecule has 0 aliphatic carbocycles. The highest BCUT2D eigenvalue weighted by Gasteiger charge is 2.30. The third-order valence-corrected chi connectivity index (χ3v) is 2.83. The lowest BCUT2D eigenvalue weighted by Crippen LogP contribution is -2.49. The second-order valence-corrected chi connectivity index (χ2v) is 4.33. The molecule has 0 bridgehead atoms. The van der Waals surface area contributed by atoms with E-state index in [2.05, 4.69) is 4.98 Å². The molecule has 1 aliphatic rings. The van der Waals surface area contributed by atoms with Gasteiger partial charge in [0.05, 0.1) is 6.42 Å². The first-order valence-electron chi connectivity index (χ1n) is 5.74. The van der Waals surface area contributed by atoms with Crippen LogP contribution in [0.2, 0.25) is 0 Å². The van der Waals surface area contributed by atoms with Gasteiger partial charge in [0.2, 0.25) is 5.91 Å². The zero-order valence-corrected chi connectivity index (χ0v) is 9.82. The predicted octanol–water partition coefficient (Wildman–Crippen LogP) is 1.03. The van der Waals surface area contributed by atoms with E-state index in [0.29, 0.717) is 13.1 Å². The van der Waals surface area contributed by atoms with Crippen LogP contribution in [0.3, 0.4) is 0 Å². The largest absolute Gasteiger partial charge is 0.481 e. The Morgan fingerprint density at radius 3 is 2.89 bits per heavy atom. The van der Waals surface area contributed by atoms with Crippen LogP contribution in [0.5, 0.6) is 0 Å². The van der Waals surface area contributed by atoms with E-state index in [1.807, 2.05) is 6.07 Å². The summed E-state index contributed by atoms with van der Waals surface area (Å²) in [4.78, 5) is 27.8. The lowest BCUT2D eigenvalue weighted by Gasteiger charge is -2.37. The molecule has 0 aromatic carbocycles. The Kier molecular flexibility index (Phi) is 3.72. The summed E-state index contributed by atoms with van der Waals surface area (Å²) in [6, 6.07) is 3.66. The maximum atomic E-state index is 11.7. The number of carboxylic acid groups (broad SMARTS) is 1. The number of hydrogen-bond donors (Lipinski definition) is 1. The van der Waals surface area contributed by atoms with Gasteiger partial charge in [0.15, 0.2) is 0 Å². The first kappa shape index (κ1) is 12.3. The standard InChI is InChI=1S/C13H14N2O3/c16-12(4-3-10-2-1-5-14-7-10)15-8-11(9-15)6-13(17)18/h1-5,7,11H,6,8-9H2,(H,17,18). The molecule has 0 spiro atoms. The van der Waals surface area contributed by atoms with Gasteiger partial charge in [-0.3, -0.25) is 14.6 Å². The van der Waals surface area contributed by atoms with Crippen molar-refractivity contribution in [1.82, 2.24) is 9.88 Å². The Labute approximate surface area is 105 Å². The number of rotatable bonds is 4. The van der Waals surface area contributed by atoms with Crippen LogP contribution in [0, 0.1) is 5.92 Å². The molecule has 1 aromatic heterocycles. The van der Waals surface area contributed by atoms with Gasteiger partial charge in [-0.1, -0.05) is 6.07 Å². The monoisotopic (exact) mass is 246 g/mol. The number of aromatic nitrogens is 1. The highest BCUT2D eigenvalue weighted by atomic mass is 16.4. The molecule has 2 heterocycles. The minimum Gasteiger partial charge on any atom is -0.481 e. The molecule has 1 aromatic rings. The molecule has 0 atom stereocenters. The van der Waals surface area contributed by atoms with Crippen molar-refractivity contribution in [3.63, 3.8) is 0 Å². The summed E-state index contributed by atoms with van der Waals surface area (Å²) in [5.41, 5.74) is 0.869. The Morgan fingerprint density at radius 2 is 2.28 bits per heavy atom. The van der Waals surface area contributed by atoms with Gasteiger partial charge in [0.1, 0.15) is 0 Å². The summed E-state index contributed by atoms with van der Waals surface area (Å²) in [7, 11) is 0. The molecule has 1 saturated heterocycles. The van der Waals surface area contributed by atoms with E-state index in [9.17, 15) is 9.59 Å². The van der Waals surface area contributed by atoms with E-state index in [0.717, 1.165) is 5.56 Å². The van der Waals surface area contributed by atoms with Gasteiger partial charge in [-0.2, -0.15) is 0 Å². The van der Waals surface area contributed by atoms with Crippen molar-refractivity contribution in [3.8, 4) is 0 Å². The van der Waals surface area contributed by atoms with E-state index in [4.69, 9.17) is 5.11 Å². The molecule has 18 heavy (non-hydrogen) atoms. The van der Waals surface area contributed by atoms with E-state index < -0.39 is 5.97 Å². The number of amides is 1. The molecule has 0 unspecified atom stereocenters. The molecule has 1 aliphatic heterocycles. The molecule has 1 amide bonds. The maximum Gasteiger partial charge on any atom is 0.303 e. The van der Waals surface area contributed by atoms with Gasteiger partial charge in [0.25, 0.3) is 0 Å².